The Labute approximate surface area is 112 Å². The van der Waals surface area contributed by atoms with Crippen molar-refractivity contribution in [2.75, 3.05) is 7.11 Å². The smallest absolute Gasteiger partial charge is 0.305 e. The number of rotatable bonds is 4. The van der Waals surface area contributed by atoms with Gasteiger partial charge >= 0.3 is 5.97 Å². The van der Waals surface area contributed by atoms with Gasteiger partial charge in [-0.05, 0) is 11.3 Å². The molecule has 1 N–H and O–H groups in total. The highest BCUT2D eigenvalue weighted by Crippen LogP contribution is 2.29. The molecule has 2 rings (SSSR count). The lowest BCUT2D eigenvalue weighted by atomic mass is 9.92. The van der Waals surface area contributed by atoms with Gasteiger partial charge in [0, 0.05) is 23.3 Å². The van der Waals surface area contributed by atoms with Gasteiger partial charge in [0.15, 0.2) is 0 Å². The number of aromatic nitrogens is 1. The van der Waals surface area contributed by atoms with E-state index >= 15 is 0 Å². The molecular weight excluding hydrogens is 242 g/mol. The number of carbonyl (C=O) groups excluding carboxylic acids is 1. The number of ether oxygens (including phenoxy) is 1. The maximum absolute atomic E-state index is 11.3. The fourth-order valence-corrected chi connectivity index (χ4v) is 2.14. The fraction of sp³-hybridized carbons (Fsp3) is 0.333. The number of pyridine rings is 1. The maximum Gasteiger partial charge on any atom is 0.305 e. The number of fused-ring (bicyclic) bond motifs is 1. The molecule has 100 valence electrons. The molecule has 0 bridgehead atoms. The van der Waals surface area contributed by atoms with Crippen LogP contribution >= 0.6 is 0 Å². The zero-order valence-corrected chi connectivity index (χ0v) is 11.0. The lowest BCUT2D eigenvalue weighted by Gasteiger charge is -2.19. The van der Waals surface area contributed by atoms with E-state index in [-0.39, 0.29) is 18.3 Å². The number of benzene rings is 1. The molecule has 0 aliphatic heterocycles. The SMILES string of the molecule is COC(=O)CC(C)C(O)c1cncc2ccccc12. The van der Waals surface area contributed by atoms with Crippen LogP contribution in [0.5, 0.6) is 0 Å². The molecule has 2 unspecified atom stereocenters. The van der Waals surface area contributed by atoms with Crippen LogP contribution < -0.4 is 0 Å². The highest BCUT2D eigenvalue weighted by Gasteiger charge is 2.21. The molecule has 0 amide bonds. The van der Waals surface area contributed by atoms with Gasteiger partial charge in [-0.25, -0.2) is 0 Å². The third-order valence-corrected chi connectivity index (χ3v) is 3.27. The predicted molar refractivity (Wildman–Crippen MR) is 72.5 cm³/mol. The topological polar surface area (TPSA) is 59.4 Å². The minimum atomic E-state index is -0.738. The number of aliphatic hydroxyl groups is 1. The van der Waals surface area contributed by atoms with Gasteiger partial charge in [-0.15, -0.1) is 0 Å². The molecule has 0 saturated heterocycles. The van der Waals surface area contributed by atoms with Crippen molar-refractivity contribution in [3.8, 4) is 0 Å². The van der Waals surface area contributed by atoms with Crippen molar-refractivity contribution in [1.29, 1.82) is 0 Å². The fourth-order valence-electron chi connectivity index (χ4n) is 2.14. The summed E-state index contributed by atoms with van der Waals surface area (Å²) < 4.78 is 4.63. The Balaban J connectivity index is 2.30. The van der Waals surface area contributed by atoms with Gasteiger partial charge in [-0.2, -0.15) is 0 Å². The summed E-state index contributed by atoms with van der Waals surface area (Å²) in [5, 5.41) is 12.3. The van der Waals surface area contributed by atoms with Crippen molar-refractivity contribution in [2.45, 2.75) is 19.4 Å². The summed E-state index contributed by atoms with van der Waals surface area (Å²) in [6.07, 6.45) is 2.86. The Morgan fingerprint density at radius 1 is 1.37 bits per heavy atom. The molecule has 1 heterocycles. The first kappa shape index (κ1) is 13.5. The molecule has 4 heteroatoms. The first-order chi connectivity index (χ1) is 9.13. The Bertz CT molecular complexity index is 577. The van der Waals surface area contributed by atoms with Gasteiger partial charge < -0.3 is 9.84 Å². The van der Waals surface area contributed by atoms with Gasteiger partial charge in [0.2, 0.25) is 0 Å². The molecule has 0 aliphatic rings. The maximum atomic E-state index is 11.3. The van der Waals surface area contributed by atoms with E-state index in [1.807, 2.05) is 31.2 Å². The third kappa shape index (κ3) is 2.90. The van der Waals surface area contributed by atoms with Crippen molar-refractivity contribution in [2.24, 2.45) is 5.92 Å². The molecule has 2 atom stereocenters. The van der Waals surface area contributed by atoms with Gasteiger partial charge in [-0.3, -0.25) is 9.78 Å². The summed E-state index contributed by atoms with van der Waals surface area (Å²) in [5.41, 5.74) is 0.745. The van der Waals surface area contributed by atoms with E-state index in [1.165, 1.54) is 7.11 Å². The van der Waals surface area contributed by atoms with Crippen LogP contribution in [-0.2, 0) is 9.53 Å². The van der Waals surface area contributed by atoms with Crippen LogP contribution in [0.15, 0.2) is 36.7 Å². The number of methoxy groups -OCH3 is 1. The normalized spacial score (nSPS) is 14.1. The van der Waals surface area contributed by atoms with E-state index < -0.39 is 6.10 Å². The second-order valence-electron chi connectivity index (χ2n) is 4.65. The van der Waals surface area contributed by atoms with Crippen molar-refractivity contribution >= 4 is 16.7 Å². The Morgan fingerprint density at radius 3 is 2.84 bits per heavy atom. The Hall–Kier alpha value is -1.94. The second kappa shape index (κ2) is 5.80. The molecule has 1 aromatic heterocycles. The highest BCUT2D eigenvalue weighted by atomic mass is 16.5. The third-order valence-electron chi connectivity index (χ3n) is 3.27. The van der Waals surface area contributed by atoms with Gasteiger partial charge in [0.25, 0.3) is 0 Å². The van der Waals surface area contributed by atoms with Crippen LogP contribution in [-0.4, -0.2) is 23.2 Å². The molecule has 2 aromatic rings. The lowest BCUT2D eigenvalue weighted by molar-refractivity contribution is -0.142. The quantitative estimate of drug-likeness (QED) is 0.857. The molecule has 0 aliphatic carbocycles. The summed E-state index contributed by atoms with van der Waals surface area (Å²) in [5.74, 6) is -0.542. The standard InChI is InChI=1S/C15H17NO3/c1-10(7-14(17)19-2)15(18)13-9-16-8-11-5-3-4-6-12(11)13/h3-6,8-10,15,18H,7H2,1-2H3. The molecule has 4 nitrogen and oxygen atoms in total. The predicted octanol–water partition coefficient (Wildman–Crippen LogP) is 2.47. The first-order valence-corrected chi connectivity index (χ1v) is 6.21. The summed E-state index contributed by atoms with van der Waals surface area (Å²) in [7, 11) is 1.35. The second-order valence-corrected chi connectivity index (χ2v) is 4.65. The molecule has 0 radical (unpaired) electrons. The molecule has 0 spiro atoms. The van der Waals surface area contributed by atoms with Gasteiger partial charge in [-0.1, -0.05) is 31.2 Å². The molecule has 19 heavy (non-hydrogen) atoms. The van der Waals surface area contributed by atoms with Crippen LogP contribution in [0.25, 0.3) is 10.8 Å². The van der Waals surface area contributed by atoms with E-state index in [1.54, 1.807) is 12.4 Å². The largest absolute Gasteiger partial charge is 0.469 e. The summed E-state index contributed by atoms with van der Waals surface area (Å²) in [6, 6.07) is 7.74. The van der Waals surface area contributed by atoms with Crippen LogP contribution in [0.3, 0.4) is 0 Å². The molecular formula is C15H17NO3. The lowest BCUT2D eigenvalue weighted by Crippen LogP contribution is -2.15. The average Bonchev–Trinajstić information content (AvgIpc) is 2.45. The van der Waals surface area contributed by atoms with Crippen molar-refractivity contribution in [3.05, 3.63) is 42.2 Å². The van der Waals surface area contributed by atoms with E-state index in [9.17, 15) is 9.90 Å². The summed E-state index contributed by atoms with van der Waals surface area (Å²) in [6.45, 7) is 1.82. The van der Waals surface area contributed by atoms with Gasteiger partial charge in [0.1, 0.15) is 0 Å². The van der Waals surface area contributed by atoms with Crippen LogP contribution in [0, 0.1) is 5.92 Å². The van der Waals surface area contributed by atoms with Crippen molar-refractivity contribution < 1.29 is 14.6 Å². The zero-order valence-electron chi connectivity index (χ0n) is 11.0. The van der Waals surface area contributed by atoms with E-state index in [2.05, 4.69) is 9.72 Å². The molecule has 0 fully saturated rings. The first-order valence-electron chi connectivity index (χ1n) is 6.21. The van der Waals surface area contributed by atoms with E-state index in [0.717, 1.165) is 16.3 Å². The van der Waals surface area contributed by atoms with Crippen molar-refractivity contribution in [1.82, 2.24) is 4.98 Å². The minimum Gasteiger partial charge on any atom is -0.469 e. The number of esters is 1. The average molecular weight is 259 g/mol. The number of carbonyl (C=O) groups is 1. The number of hydrogen-bond donors (Lipinski definition) is 1. The Kier molecular flexibility index (Phi) is 4.12. The number of nitrogens with zero attached hydrogens (tertiary/aromatic N) is 1. The minimum absolute atomic E-state index is 0.181. The van der Waals surface area contributed by atoms with Crippen molar-refractivity contribution in [3.63, 3.8) is 0 Å². The van der Waals surface area contributed by atoms with E-state index in [4.69, 9.17) is 0 Å². The molecule has 1 aromatic carbocycles. The van der Waals surface area contributed by atoms with Crippen LogP contribution in [0.2, 0.25) is 0 Å². The Morgan fingerprint density at radius 2 is 2.11 bits per heavy atom. The summed E-state index contributed by atoms with van der Waals surface area (Å²) >= 11 is 0. The highest BCUT2D eigenvalue weighted by molar-refractivity contribution is 5.85. The monoisotopic (exact) mass is 259 g/mol. The zero-order chi connectivity index (χ0) is 13.8. The summed E-state index contributed by atoms with van der Waals surface area (Å²) in [4.78, 5) is 15.4. The van der Waals surface area contributed by atoms with Gasteiger partial charge in [0.05, 0.1) is 19.6 Å². The van der Waals surface area contributed by atoms with E-state index in [0.29, 0.717) is 0 Å². The number of hydrogen-bond acceptors (Lipinski definition) is 4. The molecule has 0 saturated carbocycles. The van der Waals surface area contributed by atoms with Crippen LogP contribution in [0.1, 0.15) is 25.0 Å². The van der Waals surface area contributed by atoms with Crippen LogP contribution in [0.4, 0.5) is 0 Å². The number of aliphatic hydroxyl groups excluding tert-OH is 1.